The fraction of sp³-hybridized carbons (Fsp3) is 0.0625. The molecule has 0 N–H and O–H groups in total. The fourth-order valence-electron chi connectivity index (χ4n) is 4.95. The lowest BCUT2D eigenvalue weighted by atomic mass is 9.95. The highest BCUT2D eigenvalue weighted by atomic mass is 19.1. The van der Waals surface area contributed by atoms with E-state index in [2.05, 4.69) is 42.5 Å². The van der Waals surface area contributed by atoms with Gasteiger partial charge in [0.25, 0.3) is 0 Å². The third kappa shape index (κ3) is 3.45. The quantitative estimate of drug-likeness (QED) is 0.249. The van der Waals surface area contributed by atoms with E-state index in [-0.39, 0.29) is 5.82 Å². The Kier molecular flexibility index (Phi) is 5.13. The highest BCUT2D eigenvalue weighted by molar-refractivity contribution is 6.15. The van der Waals surface area contributed by atoms with Gasteiger partial charge in [-0.25, -0.2) is 8.96 Å². The molecular weight excluding hydrogens is 447 g/mol. The summed E-state index contributed by atoms with van der Waals surface area (Å²) < 4.78 is 22.7. The number of aryl methyl sites for hydroxylation is 2. The van der Waals surface area contributed by atoms with Crippen LogP contribution in [0.1, 0.15) is 11.1 Å². The Morgan fingerprint density at radius 3 is 2.28 bits per heavy atom. The maximum atomic E-state index is 14.2. The van der Waals surface area contributed by atoms with Crippen LogP contribution in [0.3, 0.4) is 0 Å². The molecular formula is C32H22FN2O+. The monoisotopic (exact) mass is 469 g/mol. The summed E-state index contributed by atoms with van der Waals surface area (Å²) in [6.45, 7) is 1.99. The number of rotatable bonds is 3. The number of furan rings is 1. The summed E-state index contributed by atoms with van der Waals surface area (Å²) in [5.74, 6) is -0.312. The lowest BCUT2D eigenvalue weighted by Crippen LogP contribution is -2.30. The van der Waals surface area contributed by atoms with Gasteiger partial charge in [0.1, 0.15) is 24.0 Å². The second-order valence-corrected chi connectivity index (χ2v) is 9.00. The summed E-state index contributed by atoms with van der Waals surface area (Å²) in [5.41, 5.74) is 8.54. The second kappa shape index (κ2) is 8.48. The summed E-state index contributed by atoms with van der Waals surface area (Å²) in [7, 11) is 1.89. The highest BCUT2D eigenvalue weighted by Gasteiger charge is 2.24. The summed E-state index contributed by atoms with van der Waals surface area (Å²) in [6, 6.07) is 31.6. The number of hydrogen-bond acceptors (Lipinski definition) is 2. The largest absolute Gasteiger partial charge is 0.454 e. The zero-order valence-corrected chi connectivity index (χ0v) is 19.9. The van der Waals surface area contributed by atoms with Crippen LogP contribution in [-0.4, -0.2) is 0 Å². The highest BCUT2D eigenvalue weighted by Crippen LogP contribution is 2.42. The molecule has 4 aromatic carbocycles. The van der Waals surface area contributed by atoms with Crippen molar-refractivity contribution < 1.29 is 13.4 Å². The van der Waals surface area contributed by atoms with E-state index in [9.17, 15) is 9.65 Å². The van der Waals surface area contributed by atoms with Crippen molar-refractivity contribution in [3.63, 3.8) is 0 Å². The van der Waals surface area contributed by atoms with Crippen molar-refractivity contribution in [1.82, 2.24) is 0 Å². The zero-order chi connectivity index (χ0) is 24.8. The molecule has 6 aromatic rings. The third-order valence-corrected chi connectivity index (χ3v) is 6.79. The first kappa shape index (κ1) is 21.8. The molecule has 0 unspecified atom stereocenters. The molecule has 172 valence electrons. The smallest absolute Gasteiger partial charge is 0.219 e. The van der Waals surface area contributed by atoms with Gasteiger partial charge < -0.3 is 4.42 Å². The first-order valence-electron chi connectivity index (χ1n) is 11.8. The number of pyridine rings is 1. The van der Waals surface area contributed by atoms with Crippen molar-refractivity contribution in [1.29, 1.82) is 5.26 Å². The van der Waals surface area contributed by atoms with Gasteiger partial charge in [0, 0.05) is 28.5 Å². The topological polar surface area (TPSA) is 40.8 Å². The second-order valence-electron chi connectivity index (χ2n) is 9.00. The van der Waals surface area contributed by atoms with E-state index in [1.807, 2.05) is 61.0 Å². The van der Waals surface area contributed by atoms with Gasteiger partial charge in [-0.1, -0.05) is 66.7 Å². The van der Waals surface area contributed by atoms with E-state index in [1.54, 1.807) is 6.20 Å². The Hall–Kier alpha value is -4.75. The maximum absolute atomic E-state index is 14.2. The molecule has 0 fully saturated rings. The average Bonchev–Trinajstić information content (AvgIpc) is 3.30. The van der Waals surface area contributed by atoms with Gasteiger partial charge in [-0.15, -0.1) is 0 Å². The van der Waals surface area contributed by atoms with Crippen LogP contribution in [-0.2, 0) is 7.05 Å². The molecule has 2 aromatic heterocycles. The number of aromatic nitrogens is 1. The van der Waals surface area contributed by atoms with Crippen molar-refractivity contribution in [2.45, 2.75) is 6.92 Å². The first-order chi connectivity index (χ1) is 17.5. The Balaban J connectivity index is 1.61. The van der Waals surface area contributed by atoms with Crippen molar-refractivity contribution in [2.75, 3.05) is 0 Å². The van der Waals surface area contributed by atoms with E-state index in [0.717, 1.165) is 44.2 Å². The number of benzene rings is 4. The standard InChI is InChI=1S/C32H22FN2O/c1-20-8-14-27-30-24(19-34)13-15-26(23-11-9-22(10-12-23)21-6-4-3-5-7-21)31(30)36-32(27)29(20)28-18-25(33)16-17-35(28)2/h3-18H,1-2H3/q+1. The van der Waals surface area contributed by atoms with Crippen LogP contribution in [0, 0.1) is 24.1 Å². The zero-order valence-electron chi connectivity index (χ0n) is 19.9. The average molecular weight is 470 g/mol. The van der Waals surface area contributed by atoms with Gasteiger partial charge >= 0.3 is 0 Å². The van der Waals surface area contributed by atoms with Crippen LogP contribution in [0.15, 0.2) is 102 Å². The minimum absolute atomic E-state index is 0.312. The molecule has 0 aliphatic rings. The lowest BCUT2D eigenvalue weighted by molar-refractivity contribution is -0.660. The molecule has 0 atom stereocenters. The van der Waals surface area contributed by atoms with Crippen molar-refractivity contribution in [2.24, 2.45) is 7.05 Å². The van der Waals surface area contributed by atoms with Crippen molar-refractivity contribution in [3.05, 3.63) is 114 Å². The van der Waals surface area contributed by atoms with Gasteiger partial charge in [-0.3, -0.25) is 0 Å². The van der Waals surface area contributed by atoms with Crippen LogP contribution >= 0.6 is 0 Å². The van der Waals surface area contributed by atoms with Crippen molar-refractivity contribution >= 4 is 21.9 Å². The van der Waals surface area contributed by atoms with Crippen LogP contribution in [0.25, 0.3) is 55.4 Å². The van der Waals surface area contributed by atoms with E-state index in [1.165, 1.54) is 12.1 Å². The molecule has 2 heterocycles. The van der Waals surface area contributed by atoms with E-state index in [0.29, 0.717) is 22.4 Å². The van der Waals surface area contributed by atoms with Gasteiger partial charge in [-0.2, -0.15) is 5.26 Å². The number of fused-ring (bicyclic) bond motifs is 3. The number of hydrogen-bond donors (Lipinski definition) is 0. The molecule has 0 radical (unpaired) electrons. The molecule has 0 bridgehead atoms. The lowest BCUT2D eigenvalue weighted by Gasteiger charge is -2.06. The Bertz CT molecular complexity index is 1810. The molecule has 0 aliphatic heterocycles. The Morgan fingerprint density at radius 2 is 1.53 bits per heavy atom. The van der Waals surface area contributed by atoms with Crippen LogP contribution < -0.4 is 4.57 Å². The Labute approximate surface area is 208 Å². The number of nitrogens with zero attached hydrogens (tertiary/aromatic N) is 2. The predicted molar refractivity (Wildman–Crippen MR) is 141 cm³/mol. The Morgan fingerprint density at radius 1 is 0.806 bits per heavy atom. The molecule has 0 saturated carbocycles. The van der Waals surface area contributed by atoms with E-state index < -0.39 is 0 Å². The molecule has 0 aliphatic carbocycles. The molecule has 6 rings (SSSR count). The predicted octanol–water partition coefficient (Wildman–Crippen LogP) is 7.73. The van der Waals surface area contributed by atoms with Crippen LogP contribution in [0.4, 0.5) is 4.39 Å². The van der Waals surface area contributed by atoms with Gasteiger partial charge in [0.05, 0.1) is 17.2 Å². The molecule has 3 nitrogen and oxygen atoms in total. The van der Waals surface area contributed by atoms with Crippen LogP contribution in [0.2, 0.25) is 0 Å². The van der Waals surface area contributed by atoms with E-state index >= 15 is 0 Å². The minimum atomic E-state index is -0.312. The van der Waals surface area contributed by atoms with Gasteiger partial charge in [-0.05, 0) is 41.3 Å². The minimum Gasteiger partial charge on any atom is -0.454 e. The maximum Gasteiger partial charge on any atom is 0.219 e. The molecule has 0 amide bonds. The van der Waals surface area contributed by atoms with Gasteiger partial charge in [0.2, 0.25) is 5.69 Å². The van der Waals surface area contributed by atoms with Gasteiger partial charge in [0.15, 0.2) is 6.20 Å². The summed E-state index contributed by atoms with van der Waals surface area (Å²) in [6.07, 6.45) is 1.70. The van der Waals surface area contributed by atoms with Crippen molar-refractivity contribution in [3.8, 4) is 39.6 Å². The van der Waals surface area contributed by atoms with E-state index in [4.69, 9.17) is 4.42 Å². The molecule has 36 heavy (non-hydrogen) atoms. The van der Waals surface area contributed by atoms with Crippen LogP contribution in [0.5, 0.6) is 0 Å². The molecule has 0 saturated heterocycles. The normalized spacial score (nSPS) is 11.2. The number of nitriles is 1. The SMILES string of the molecule is Cc1ccc2c(oc3c(-c4ccc(-c5ccccc5)cc4)ccc(C#N)c32)c1-c1cc(F)cc[n+]1C. The molecule has 0 spiro atoms. The fourth-order valence-corrected chi connectivity index (χ4v) is 4.95. The summed E-state index contributed by atoms with van der Waals surface area (Å²) in [5, 5.41) is 11.5. The summed E-state index contributed by atoms with van der Waals surface area (Å²) in [4.78, 5) is 0. The molecule has 4 heteroatoms. The number of halogens is 1. The third-order valence-electron chi connectivity index (χ3n) is 6.79. The summed E-state index contributed by atoms with van der Waals surface area (Å²) >= 11 is 0. The first-order valence-corrected chi connectivity index (χ1v) is 11.8.